The summed E-state index contributed by atoms with van der Waals surface area (Å²) in [4.78, 5) is 0. The van der Waals surface area contributed by atoms with Gasteiger partial charge in [-0.15, -0.1) is 0 Å². The Morgan fingerprint density at radius 2 is 2.71 bits per heavy atom. The fourth-order valence-electron chi connectivity index (χ4n) is 0.968. The second-order valence-electron chi connectivity index (χ2n) is 1.83. The van der Waals surface area contributed by atoms with Gasteiger partial charge in [0.2, 0.25) is 0 Å². The van der Waals surface area contributed by atoms with Crippen LogP contribution in [0.15, 0.2) is 16.6 Å². The minimum absolute atomic E-state index is 0.882. The Morgan fingerprint density at radius 1 is 1.86 bits per heavy atom. The zero-order valence-electron chi connectivity index (χ0n) is 3.33. The predicted molar refractivity (Wildman–Crippen MR) is 25.0 cm³/mol. The second kappa shape index (κ2) is 0.397. The number of hydrazone groups is 1. The lowest BCUT2D eigenvalue weighted by atomic mass is 10.7. The molecule has 3 nitrogen and oxygen atoms in total. The number of fused-ring (bicyclic) bond motifs is 1. The van der Waals surface area contributed by atoms with Crippen LogP contribution in [-0.2, 0) is 4.57 Å². The lowest BCUT2D eigenvalue weighted by molar-refractivity contribution is 0.517. The second-order valence-corrected chi connectivity index (χ2v) is 4.30. The van der Waals surface area contributed by atoms with Gasteiger partial charge < -0.3 is 0 Å². The van der Waals surface area contributed by atoms with E-state index < -0.39 is 7.29 Å². The smallest absolute Gasteiger partial charge is 0.273 e. The predicted octanol–water partition coefficient (Wildman–Crippen LogP) is 0.762. The molecule has 3 rings (SSSR count). The Hall–Kier alpha value is -0.560. The van der Waals surface area contributed by atoms with Crippen molar-refractivity contribution in [1.29, 1.82) is 0 Å². The van der Waals surface area contributed by atoms with Gasteiger partial charge in [-0.05, 0) is 0 Å². The first kappa shape index (κ1) is 2.68. The molecule has 0 saturated carbocycles. The molecular formula is C3HN2OP. The zero-order chi connectivity index (χ0) is 4.65. The number of hydrogen-bond acceptors (Lipinski definition) is 2. The van der Waals surface area contributed by atoms with Crippen LogP contribution in [-0.4, -0.2) is 10.2 Å². The van der Waals surface area contributed by atoms with Crippen molar-refractivity contribution in [3.8, 4) is 0 Å². The number of hydrogen-bond donors (Lipinski definition) is 0. The van der Waals surface area contributed by atoms with E-state index in [1.165, 1.54) is 0 Å². The first-order chi connectivity index (χ1) is 3.33. The van der Waals surface area contributed by atoms with Crippen molar-refractivity contribution in [2.45, 2.75) is 0 Å². The summed E-state index contributed by atoms with van der Waals surface area (Å²) in [5.74, 6) is 0. The molecule has 34 valence electrons. The van der Waals surface area contributed by atoms with Gasteiger partial charge in [0, 0.05) is 6.20 Å². The molecule has 0 bridgehead atoms. The van der Waals surface area contributed by atoms with Crippen LogP contribution in [0.2, 0.25) is 0 Å². The van der Waals surface area contributed by atoms with Crippen LogP contribution < -0.4 is 0 Å². The van der Waals surface area contributed by atoms with Crippen molar-refractivity contribution in [3.05, 3.63) is 11.5 Å². The van der Waals surface area contributed by atoms with Gasteiger partial charge in [-0.1, -0.05) is 0 Å². The van der Waals surface area contributed by atoms with E-state index in [1.54, 1.807) is 4.78 Å². The Morgan fingerprint density at radius 3 is 2.71 bits per heavy atom. The van der Waals surface area contributed by atoms with Gasteiger partial charge in [-0.25, -0.2) is 4.78 Å². The highest BCUT2D eigenvalue weighted by Gasteiger charge is 2.72. The van der Waals surface area contributed by atoms with E-state index >= 15 is 0 Å². The van der Waals surface area contributed by atoms with Crippen molar-refractivity contribution in [1.82, 2.24) is 4.78 Å². The molecule has 0 aromatic carbocycles. The summed E-state index contributed by atoms with van der Waals surface area (Å²) in [5, 5.41) is 4.86. The Labute approximate surface area is 39.7 Å². The largest absolute Gasteiger partial charge is 0.286 e. The minimum atomic E-state index is -1.85. The number of rotatable bonds is 0. The molecule has 7 heavy (non-hydrogen) atoms. The van der Waals surface area contributed by atoms with Crippen LogP contribution in [0.1, 0.15) is 0 Å². The van der Waals surface area contributed by atoms with E-state index in [0.717, 1.165) is 10.8 Å². The average Bonchev–Trinajstić information content (AvgIpc) is 2.27. The van der Waals surface area contributed by atoms with E-state index in [4.69, 9.17) is 0 Å². The van der Waals surface area contributed by atoms with E-state index in [2.05, 4.69) is 5.10 Å². The summed E-state index contributed by atoms with van der Waals surface area (Å²) in [7, 11) is -1.85. The van der Waals surface area contributed by atoms with Crippen LogP contribution in [0.25, 0.3) is 0 Å². The minimum Gasteiger partial charge on any atom is -0.286 e. The number of nitrogens with zero attached hydrogens (tertiary/aromatic N) is 2. The van der Waals surface area contributed by atoms with Crippen LogP contribution in [0.3, 0.4) is 0 Å². The third-order valence-corrected chi connectivity index (χ3v) is 3.96. The molecular weight excluding hydrogens is 111 g/mol. The molecule has 4 heteroatoms. The van der Waals surface area contributed by atoms with Gasteiger partial charge in [0.15, 0.2) is 5.45 Å². The summed E-state index contributed by atoms with van der Waals surface area (Å²) < 4.78 is 12.4. The van der Waals surface area contributed by atoms with Crippen LogP contribution in [0.4, 0.5) is 0 Å². The maximum atomic E-state index is 10.9. The molecule has 0 N–H and O–H groups in total. The fraction of sp³-hybridized carbons (Fsp3) is 0. The van der Waals surface area contributed by atoms with Gasteiger partial charge >= 0.3 is 0 Å². The van der Waals surface area contributed by atoms with Crippen molar-refractivity contribution in [3.63, 3.8) is 0 Å². The molecule has 0 aliphatic carbocycles. The van der Waals surface area contributed by atoms with Gasteiger partial charge in [0.1, 0.15) is 0 Å². The van der Waals surface area contributed by atoms with Crippen molar-refractivity contribution in [2.24, 2.45) is 5.10 Å². The Bertz CT molecular complexity index is 253. The van der Waals surface area contributed by atoms with Crippen molar-refractivity contribution >= 4 is 12.7 Å². The molecule has 3 heterocycles. The van der Waals surface area contributed by atoms with E-state index in [1.807, 2.05) is 6.20 Å². The number of allylic oxidation sites excluding steroid dienone is 1. The van der Waals surface area contributed by atoms with Gasteiger partial charge in [0.05, 0.1) is 5.31 Å². The molecule has 3 aliphatic rings. The molecule has 1 atom stereocenters. The van der Waals surface area contributed by atoms with Gasteiger partial charge in [-0.2, -0.15) is 5.10 Å². The highest BCUT2D eigenvalue weighted by Crippen LogP contribution is 2.88. The summed E-state index contributed by atoms with van der Waals surface area (Å²) in [6.07, 6.45) is 1.83. The van der Waals surface area contributed by atoms with Crippen LogP contribution in [0, 0.1) is 0 Å². The van der Waals surface area contributed by atoms with E-state index in [-0.39, 0.29) is 0 Å². The molecule has 1 fully saturated rings. The molecule has 0 spiro atoms. The first-order valence-corrected chi connectivity index (χ1v) is 3.71. The maximum absolute atomic E-state index is 10.9. The zero-order valence-corrected chi connectivity index (χ0v) is 4.22. The Balaban J connectivity index is 2.75. The maximum Gasteiger partial charge on any atom is 0.273 e. The third kappa shape index (κ3) is 0.0855. The van der Waals surface area contributed by atoms with E-state index in [9.17, 15) is 4.57 Å². The lowest BCUT2D eigenvalue weighted by Gasteiger charge is -2.18. The fourth-order valence-corrected chi connectivity index (χ4v) is 2.87. The summed E-state index contributed by atoms with van der Waals surface area (Å²) in [5.41, 5.74) is 0.882. The molecule has 0 radical (unpaired) electrons. The summed E-state index contributed by atoms with van der Waals surface area (Å²) in [6, 6.07) is 0. The molecule has 1 unspecified atom stereocenters. The van der Waals surface area contributed by atoms with Gasteiger partial charge in [-0.3, -0.25) is 4.57 Å². The van der Waals surface area contributed by atoms with E-state index in [0.29, 0.717) is 0 Å². The quantitative estimate of drug-likeness (QED) is 0.433. The standard InChI is InChI=1S/C3HN2OP/c6-7-2-1-5(7)4-3(2)7/h1H. The van der Waals surface area contributed by atoms with Crippen molar-refractivity contribution < 1.29 is 4.57 Å². The molecule has 1 saturated heterocycles. The Kier molecular flexibility index (Phi) is 0.152. The molecule has 0 aromatic rings. The normalized spacial score (nSPS) is 47.7. The molecule has 3 aliphatic heterocycles. The first-order valence-electron chi connectivity index (χ1n) is 2.05. The monoisotopic (exact) mass is 112 g/mol. The van der Waals surface area contributed by atoms with Gasteiger partial charge in [0.25, 0.3) is 7.29 Å². The average molecular weight is 112 g/mol. The summed E-state index contributed by atoms with van der Waals surface area (Å²) in [6.45, 7) is 0. The highest BCUT2D eigenvalue weighted by atomic mass is 31.2. The van der Waals surface area contributed by atoms with Crippen LogP contribution in [0.5, 0.6) is 0 Å². The SMILES string of the molecule is O=P12C3=CN1N=C32. The third-order valence-electron chi connectivity index (χ3n) is 1.52. The lowest BCUT2D eigenvalue weighted by Crippen LogP contribution is -2.07. The van der Waals surface area contributed by atoms with Crippen LogP contribution >= 0.6 is 7.29 Å². The molecule has 0 aromatic heterocycles. The van der Waals surface area contributed by atoms with Crippen molar-refractivity contribution in [2.75, 3.05) is 0 Å². The highest BCUT2D eigenvalue weighted by molar-refractivity contribution is 8.00. The topological polar surface area (TPSA) is 32.7 Å². The molecule has 0 amide bonds. The summed E-state index contributed by atoms with van der Waals surface area (Å²) >= 11 is 0.